The zero-order valence-corrected chi connectivity index (χ0v) is 15.8. The molecule has 0 radical (unpaired) electrons. The number of thioether (sulfide) groups is 1. The summed E-state index contributed by atoms with van der Waals surface area (Å²) in [5.41, 5.74) is 0.573. The first-order valence-corrected chi connectivity index (χ1v) is 10.7. The summed E-state index contributed by atoms with van der Waals surface area (Å²) in [7, 11) is -3.17. The van der Waals surface area contributed by atoms with Gasteiger partial charge in [-0.3, -0.25) is 4.79 Å². The summed E-state index contributed by atoms with van der Waals surface area (Å²) < 4.78 is 28.7. The normalized spacial score (nSPS) is 25.4. The number of hydrogen-bond donors (Lipinski definition) is 1. The Bertz CT molecular complexity index is 873. The van der Waals surface area contributed by atoms with Crippen LogP contribution in [0, 0.1) is 0 Å². The number of amidine groups is 1. The lowest BCUT2D eigenvalue weighted by molar-refractivity contribution is -0.143. The van der Waals surface area contributed by atoms with Gasteiger partial charge in [0.2, 0.25) is 0 Å². The fourth-order valence-corrected chi connectivity index (χ4v) is 7.01. The highest BCUT2D eigenvalue weighted by Crippen LogP contribution is 2.42. The van der Waals surface area contributed by atoms with Crippen molar-refractivity contribution < 1.29 is 27.9 Å². The molecule has 2 saturated heterocycles. The number of halogens is 1. The number of fused-ring (bicyclic) bond motifs is 1. The number of aliphatic imine (C=N–C) groups is 1. The van der Waals surface area contributed by atoms with E-state index in [1.165, 1.54) is 11.8 Å². The number of carbonyl (C=O) groups is 2. The highest BCUT2D eigenvalue weighted by atomic mass is 35.5. The Morgan fingerprint density at radius 1 is 1.31 bits per heavy atom. The molecular weight excluding hydrogens is 404 g/mol. The zero-order chi connectivity index (χ0) is 18.9. The minimum Gasteiger partial charge on any atom is -0.480 e. The van der Waals surface area contributed by atoms with Gasteiger partial charge in [-0.1, -0.05) is 35.5 Å². The number of para-hydroxylation sites is 1. The smallest absolute Gasteiger partial charge is 0.329 e. The molecule has 140 valence electrons. The Morgan fingerprint density at radius 2 is 2.04 bits per heavy atom. The van der Waals surface area contributed by atoms with Gasteiger partial charge in [-0.25, -0.2) is 13.2 Å². The van der Waals surface area contributed by atoms with E-state index >= 15 is 0 Å². The SMILES string of the molecule is O=C(O)COCC(=O)N=C1S[C@@H]2CS(=O)(=O)C[C@H]2N1c1ccccc1Cl. The number of amides is 1. The van der Waals surface area contributed by atoms with Gasteiger partial charge in [0.15, 0.2) is 15.0 Å². The van der Waals surface area contributed by atoms with Crippen LogP contribution >= 0.6 is 23.4 Å². The van der Waals surface area contributed by atoms with E-state index in [9.17, 15) is 18.0 Å². The molecule has 2 aliphatic rings. The largest absolute Gasteiger partial charge is 0.480 e. The molecule has 11 heteroatoms. The van der Waals surface area contributed by atoms with Crippen LogP contribution in [0.2, 0.25) is 5.02 Å². The van der Waals surface area contributed by atoms with Crippen molar-refractivity contribution in [3.8, 4) is 0 Å². The number of benzene rings is 1. The van der Waals surface area contributed by atoms with Crippen LogP contribution in [0.15, 0.2) is 29.3 Å². The van der Waals surface area contributed by atoms with E-state index in [0.717, 1.165) is 0 Å². The molecule has 0 aliphatic carbocycles. The average molecular weight is 419 g/mol. The molecule has 2 heterocycles. The van der Waals surface area contributed by atoms with Gasteiger partial charge in [0.1, 0.15) is 13.2 Å². The summed E-state index contributed by atoms with van der Waals surface area (Å²) in [5, 5.41) is 9.04. The lowest BCUT2D eigenvalue weighted by atomic mass is 10.2. The van der Waals surface area contributed by atoms with Gasteiger partial charge in [-0.05, 0) is 12.1 Å². The monoisotopic (exact) mass is 418 g/mol. The third-order valence-corrected chi connectivity index (χ3v) is 7.38. The number of anilines is 1. The van der Waals surface area contributed by atoms with Crippen molar-refractivity contribution in [2.45, 2.75) is 11.3 Å². The maximum absolute atomic E-state index is 12.0. The van der Waals surface area contributed by atoms with Gasteiger partial charge in [0, 0.05) is 5.25 Å². The molecule has 1 aromatic carbocycles. The predicted molar refractivity (Wildman–Crippen MR) is 98.6 cm³/mol. The predicted octanol–water partition coefficient (Wildman–Crippen LogP) is 1.04. The van der Waals surface area contributed by atoms with Gasteiger partial charge in [-0.2, -0.15) is 4.99 Å². The van der Waals surface area contributed by atoms with Gasteiger partial charge in [0.05, 0.1) is 28.3 Å². The molecule has 3 rings (SSSR count). The Morgan fingerprint density at radius 3 is 2.73 bits per heavy atom. The summed E-state index contributed by atoms with van der Waals surface area (Å²) >= 11 is 7.46. The highest BCUT2D eigenvalue weighted by Gasteiger charge is 2.49. The second-order valence-corrected chi connectivity index (χ2v) is 9.56. The van der Waals surface area contributed by atoms with Crippen LogP contribution in [-0.2, 0) is 24.2 Å². The molecule has 1 aromatic rings. The van der Waals surface area contributed by atoms with E-state index in [1.54, 1.807) is 29.2 Å². The molecule has 0 saturated carbocycles. The van der Waals surface area contributed by atoms with Crippen LogP contribution in [0.4, 0.5) is 5.69 Å². The number of ether oxygens (including phenoxy) is 1. The number of hydrogen-bond acceptors (Lipinski definition) is 6. The molecule has 1 amide bonds. The van der Waals surface area contributed by atoms with Crippen molar-refractivity contribution in [2.75, 3.05) is 29.6 Å². The van der Waals surface area contributed by atoms with E-state index in [-0.39, 0.29) is 22.8 Å². The third kappa shape index (κ3) is 4.20. The summed E-state index contributed by atoms with van der Waals surface area (Å²) in [4.78, 5) is 28.1. The van der Waals surface area contributed by atoms with Gasteiger partial charge in [0.25, 0.3) is 5.91 Å². The summed E-state index contributed by atoms with van der Waals surface area (Å²) in [6.45, 7) is -1.07. The first kappa shape index (κ1) is 19.2. The second-order valence-electron chi connectivity index (χ2n) is 5.80. The minimum absolute atomic E-state index is 0.00596. The molecule has 0 spiro atoms. The number of carbonyl (C=O) groups excluding carboxylic acids is 1. The maximum Gasteiger partial charge on any atom is 0.329 e. The topological polar surface area (TPSA) is 113 Å². The second kappa shape index (κ2) is 7.55. The molecular formula is C15H15ClN2O6S2. The quantitative estimate of drug-likeness (QED) is 0.754. The lowest BCUT2D eigenvalue weighted by Gasteiger charge is -2.25. The van der Waals surface area contributed by atoms with E-state index in [1.807, 2.05) is 0 Å². The molecule has 0 bridgehead atoms. The zero-order valence-electron chi connectivity index (χ0n) is 13.4. The molecule has 0 aromatic heterocycles. The van der Waals surface area contributed by atoms with Crippen LogP contribution in [0.1, 0.15) is 0 Å². The molecule has 2 atom stereocenters. The maximum atomic E-state index is 12.0. The van der Waals surface area contributed by atoms with Gasteiger partial charge in [-0.15, -0.1) is 0 Å². The first-order chi connectivity index (χ1) is 12.3. The third-order valence-electron chi connectivity index (χ3n) is 3.85. The average Bonchev–Trinajstić information content (AvgIpc) is 2.98. The van der Waals surface area contributed by atoms with E-state index in [0.29, 0.717) is 15.9 Å². The van der Waals surface area contributed by atoms with Gasteiger partial charge >= 0.3 is 5.97 Å². The fraction of sp³-hybridized carbons (Fsp3) is 0.400. The molecule has 2 fully saturated rings. The molecule has 8 nitrogen and oxygen atoms in total. The molecule has 2 aliphatic heterocycles. The highest BCUT2D eigenvalue weighted by molar-refractivity contribution is 8.16. The minimum atomic E-state index is -3.17. The first-order valence-electron chi connectivity index (χ1n) is 7.59. The van der Waals surface area contributed by atoms with Crippen molar-refractivity contribution in [3.05, 3.63) is 29.3 Å². The van der Waals surface area contributed by atoms with Crippen LogP contribution < -0.4 is 4.90 Å². The Hall–Kier alpha value is -1.62. The van der Waals surface area contributed by atoms with Crippen LogP contribution in [-0.4, -0.2) is 66.6 Å². The number of aliphatic carboxylic acids is 1. The number of rotatable bonds is 5. The van der Waals surface area contributed by atoms with E-state index < -0.39 is 34.9 Å². The van der Waals surface area contributed by atoms with E-state index in [2.05, 4.69) is 4.99 Å². The summed E-state index contributed by atoms with van der Waals surface area (Å²) in [6.07, 6.45) is 0. The lowest BCUT2D eigenvalue weighted by Crippen LogP contribution is -2.38. The Kier molecular flexibility index (Phi) is 5.56. The van der Waals surface area contributed by atoms with Crippen LogP contribution in [0.3, 0.4) is 0 Å². The van der Waals surface area contributed by atoms with Crippen molar-refractivity contribution in [1.29, 1.82) is 0 Å². The Labute approximate surface area is 159 Å². The molecule has 0 unspecified atom stereocenters. The Balaban J connectivity index is 1.87. The van der Waals surface area contributed by atoms with Crippen molar-refractivity contribution in [3.63, 3.8) is 0 Å². The standard InChI is InChI=1S/C15H15ClN2O6S2/c16-9-3-1-2-4-10(9)18-11-7-26(22,23)8-12(11)25-15(18)17-13(19)5-24-6-14(20)21/h1-4,11-12H,5-8H2,(H,20,21)/t11-,12-/m1/s1. The van der Waals surface area contributed by atoms with Gasteiger partial charge < -0.3 is 14.7 Å². The fourth-order valence-electron chi connectivity index (χ4n) is 2.86. The van der Waals surface area contributed by atoms with E-state index in [4.69, 9.17) is 21.4 Å². The number of nitrogens with zero attached hydrogens (tertiary/aromatic N) is 2. The molecule has 26 heavy (non-hydrogen) atoms. The number of carboxylic acid groups (broad SMARTS) is 1. The number of sulfone groups is 1. The summed E-state index contributed by atoms with van der Waals surface area (Å²) in [5.74, 6) is -1.86. The van der Waals surface area contributed by atoms with Crippen molar-refractivity contribution in [2.24, 2.45) is 4.99 Å². The van der Waals surface area contributed by atoms with Crippen LogP contribution in [0.25, 0.3) is 0 Å². The summed E-state index contributed by atoms with van der Waals surface area (Å²) in [6, 6.07) is 6.55. The van der Waals surface area contributed by atoms with Crippen LogP contribution in [0.5, 0.6) is 0 Å². The van der Waals surface area contributed by atoms with Crippen molar-refractivity contribution in [1.82, 2.24) is 0 Å². The number of carboxylic acids is 1. The van der Waals surface area contributed by atoms with Crippen molar-refractivity contribution >= 4 is 55.9 Å². The molecule has 1 N–H and O–H groups in total.